The first kappa shape index (κ1) is 15.5. The molecule has 1 rings (SSSR count). The van der Waals surface area contributed by atoms with Crippen molar-refractivity contribution in [3.05, 3.63) is 0 Å². The molecule has 0 aliphatic heterocycles. The summed E-state index contributed by atoms with van der Waals surface area (Å²) in [6.07, 6.45) is 7.53. The largest absolute Gasteiger partial charge is 0.370 e. The average molecular weight is 254 g/mol. The second-order valence-electron chi connectivity index (χ2n) is 6.29. The summed E-state index contributed by atoms with van der Waals surface area (Å²) >= 11 is 0. The molecule has 3 nitrogen and oxygen atoms in total. The molecular formula is C15H30N2O. The second kappa shape index (κ2) is 7.13. The number of hydrogen-bond donors (Lipinski definition) is 2. The second-order valence-corrected chi connectivity index (χ2v) is 6.29. The maximum Gasteiger partial charge on any atom is 0.219 e. The van der Waals surface area contributed by atoms with E-state index in [0.29, 0.717) is 6.42 Å². The molecular weight excluding hydrogens is 224 g/mol. The van der Waals surface area contributed by atoms with Gasteiger partial charge in [-0.2, -0.15) is 0 Å². The van der Waals surface area contributed by atoms with Crippen molar-refractivity contribution in [2.24, 2.45) is 17.6 Å². The SMILES string of the molecule is CCCNC1(CC(N)=O)CCCC(C(C)C)CC1. The molecule has 106 valence electrons. The number of carbonyl (C=O) groups excluding carboxylic acids is 1. The minimum absolute atomic E-state index is 0.0223. The number of nitrogens with two attached hydrogens (primary N) is 1. The molecule has 2 atom stereocenters. The van der Waals surface area contributed by atoms with Crippen LogP contribution in [0.5, 0.6) is 0 Å². The van der Waals surface area contributed by atoms with E-state index in [1.807, 2.05) is 0 Å². The summed E-state index contributed by atoms with van der Waals surface area (Å²) in [5.74, 6) is 1.39. The van der Waals surface area contributed by atoms with Crippen LogP contribution >= 0.6 is 0 Å². The van der Waals surface area contributed by atoms with Crippen molar-refractivity contribution in [3.63, 3.8) is 0 Å². The van der Waals surface area contributed by atoms with E-state index in [1.54, 1.807) is 0 Å². The van der Waals surface area contributed by atoms with Crippen molar-refractivity contribution in [2.45, 2.75) is 71.3 Å². The molecule has 1 saturated carbocycles. The van der Waals surface area contributed by atoms with E-state index in [2.05, 4.69) is 26.1 Å². The van der Waals surface area contributed by atoms with Crippen LogP contribution < -0.4 is 11.1 Å². The van der Waals surface area contributed by atoms with Gasteiger partial charge in [-0.25, -0.2) is 0 Å². The van der Waals surface area contributed by atoms with Gasteiger partial charge in [0, 0.05) is 12.0 Å². The van der Waals surface area contributed by atoms with E-state index in [9.17, 15) is 4.79 Å². The van der Waals surface area contributed by atoms with Crippen molar-refractivity contribution in [1.82, 2.24) is 5.32 Å². The third-order valence-electron chi connectivity index (χ3n) is 4.43. The summed E-state index contributed by atoms with van der Waals surface area (Å²) in [5.41, 5.74) is 5.42. The van der Waals surface area contributed by atoms with Crippen LogP contribution in [0.25, 0.3) is 0 Å². The molecule has 2 unspecified atom stereocenters. The molecule has 0 heterocycles. The third kappa shape index (κ3) is 4.60. The first-order valence-corrected chi connectivity index (χ1v) is 7.52. The van der Waals surface area contributed by atoms with Crippen molar-refractivity contribution in [2.75, 3.05) is 6.54 Å². The fourth-order valence-electron chi connectivity index (χ4n) is 3.24. The zero-order chi connectivity index (χ0) is 13.6. The van der Waals surface area contributed by atoms with Gasteiger partial charge in [-0.1, -0.05) is 33.6 Å². The Hall–Kier alpha value is -0.570. The molecule has 18 heavy (non-hydrogen) atoms. The number of carbonyl (C=O) groups is 1. The molecule has 3 heteroatoms. The molecule has 1 aliphatic rings. The summed E-state index contributed by atoms with van der Waals surface area (Å²) in [6, 6.07) is 0. The van der Waals surface area contributed by atoms with Gasteiger partial charge in [0.15, 0.2) is 0 Å². The van der Waals surface area contributed by atoms with Crippen LogP contribution in [0, 0.1) is 11.8 Å². The van der Waals surface area contributed by atoms with Crippen LogP contribution in [-0.4, -0.2) is 18.0 Å². The van der Waals surface area contributed by atoms with Crippen molar-refractivity contribution >= 4 is 5.91 Å². The minimum Gasteiger partial charge on any atom is -0.370 e. The maximum atomic E-state index is 11.3. The number of primary amides is 1. The number of amides is 1. The van der Waals surface area contributed by atoms with E-state index < -0.39 is 0 Å². The van der Waals surface area contributed by atoms with Crippen molar-refractivity contribution in [1.29, 1.82) is 0 Å². The van der Waals surface area contributed by atoms with E-state index in [0.717, 1.165) is 37.6 Å². The Morgan fingerprint density at radius 3 is 2.67 bits per heavy atom. The van der Waals surface area contributed by atoms with Gasteiger partial charge < -0.3 is 11.1 Å². The lowest BCUT2D eigenvalue weighted by Gasteiger charge is -2.33. The molecule has 1 fully saturated rings. The highest BCUT2D eigenvalue weighted by atomic mass is 16.1. The van der Waals surface area contributed by atoms with Crippen LogP contribution in [0.15, 0.2) is 0 Å². The Labute approximate surface area is 112 Å². The lowest BCUT2D eigenvalue weighted by Crippen LogP contribution is -2.48. The summed E-state index contributed by atoms with van der Waals surface area (Å²) in [4.78, 5) is 11.3. The minimum atomic E-state index is -0.165. The van der Waals surface area contributed by atoms with E-state index in [4.69, 9.17) is 5.73 Å². The number of rotatable bonds is 6. The highest BCUT2D eigenvalue weighted by Gasteiger charge is 2.34. The average Bonchev–Trinajstić information content (AvgIpc) is 2.49. The fourth-order valence-corrected chi connectivity index (χ4v) is 3.24. The molecule has 1 aliphatic carbocycles. The summed E-state index contributed by atoms with van der Waals surface area (Å²) in [6.45, 7) is 7.77. The third-order valence-corrected chi connectivity index (χ3v) is 4.43. The normalized spacial score (nSPS) is 29.2. The lowest BCUT2D eigenvalue weighted by atomic mass is 9.84. The predicted octanol–water partition coefficient (Wildman–Crippen LogP) is 2.84. The van der Waals surface area contributed by atoms with Crippen molar-refractivity contribution < 1.29 is 4.79 Å². The van der Waals surface area contributed by atoms with Crippen LogP contribution in [0.2, 0.25) is 0 Å². The quantitative estimate of drug-likeness (QED) is 0.716. The Balaban J connectivity index is 2.68. The van der Waals surface area contributed by atoms with E-state index in [-0.39, 0.29) is 11.4 Å². The smallest absolute Gasteiger partial charge is 0.219 e. The zero-order valence-electron chi connectivity index (χ0n) is 12.3. The first-order valence-electron chi connectivity index (χ1n) is 7.52. The molecule has 0 aromatic heterocycles. The van der Waals surface area contributed by atoms with Crippen LogP contribution in [-0.2, 0) is 4.79 Å². The standard InChI is InChI=1S/C15H30N2O/c1-4-10-17-15(11-14(16)18)8-5-6-13(7-9-15)12(2)3/h12-13,17H,4-11H2,1-3H3,(H2,16,18). The Morgan fingerprint density at radius 2 is 2.11 bits per heavy atom. The molecule has 0 bridgehead atoms. The van der Waals surface area contributed by atoms with Gasteiger partial charge in [0.05, 0.1) is 0 Å². The first-order chi connectivity index (χ1) is 8.49. The van der Waals surface area contributed by atoms with E-state index >= 15 is 0 Å². The predicted molar refractivity (Wildman–Crippen MR) is 76.2 cm³/mol. The summed E-state index contributed by atoms with van der Waals surface area (Å²) in [7, 11) is 0. The van der Waals surface area contributed by atoms with Crippen LogP contribution in [0.4, 0.5) is 0 Å². The van der Waals surface area contributed by atoms with Gasteiger partial charge in [-0.15, -0.1) is 0 Å². The molecule has 1 amide bonds. The number of hydrogen-bond acceptors (Lipinski definition) is 2. The molecule has 0 saturated heterocycles. The van der Waals surface area contributed by atoms with Crippen LogP contribution in [0.1, 0.15) is 65.7 Å². The monoisotopic (exact) mass is 254 g/mol. The molecule has 0 aromatic rings. The lowest BCUT2D eigenvalue weighted by molar-refractivity contribution is -0.119. The highest BCUT2D eigenvalue weighted by Crippen LogP contribution is 2.35. The van der Waals surface area contributed by atoms with Gasteiger partial charge in [0.25, 0.3) is 0 Å². The fraction of sp³-hybridized carbons (Fsp3) is 0.933. The van der Waals surface area contributed by atoms with Gasteiger partial charge >= 0.3 is 0 Å². The maximum absolute atomic E-state index is 11.3. The summed E-state index contributed by atoms with van der Waals surface area (Å²) in [5, 5.41) is 3.61. The van der Waals surface area contributed by atoms with Gasteiger partial charge in [-0.05, 0) is 44.1 Å². The molecule has 0 spiro atoms. The molecule has 3 N–H and O–H groups in total. The number of nitrogens with one attached hydrogen (secondary N) is 1. The van der Waals surface area contributed by atoms with Crippen molar-refractivity contribution in [3.8, 4) is 0 Å². The Bertz CT molecular complexity index is 265. The zero-order valence-corrected chi connectivity index (χ0v) is 12.3. The van der Waals surface area contributed by atoms with Gasteiger partial charge in [-0.3, -0.25) is 4.79 Å². The highest BCUT2D eigenvalue weighted by molar-refractivity contribution is 5.75. The molecule has 0 aromatic carbocycles. The van der Waals surface area contributed by atoms with Gasteiger partial charge in [0.2, 0.25) is 5.91 Å². The van der Waals surface area contributed by atoms with Gasteiger partial charge in [0.1, 0.15) is 0 Å². The Kier molecular flexibility index (Phi) is 6.13. The van der Waals surface area contributed by atoms with E-state index in [1.165, 1.54) is 19.3 Å². The topological polar surface area (TPSA) is 55.1 Å². The molecule has 0 radical (unpaired) electrons. The summed E-state index contributed by atoms with van der Waals surface area (Å²) < 4.78 is 0. The Morgan fingerprint density at radius 1 is 1.39 bits per heavy atom. The van der Waals surface area contributed by atoms with Crippen LogP contribution in [0.3, 0.4) is 0 Å².